The van der Waals surface area contributed by atoms with Gasteiger partial charge in [-0.3, -0.25) is 4.72 Å². The van der Waals surface area contributed by atoms with Gasteiger partial charge >= 0.3 is 0 Å². The SMILES string of the molecule is CN(C)CCc1c[nH]c2ccc(NS(N)(=O)=O)cc12.c1ccc(Oc2ccccc2)cc1. The summed E-state index contributed by atoms with van der Waals surface area (Å²) in [6.07, 6.45) is 2.85. The molecule has 0 fully saturated rings. The summed E-state index contributed by atoms with van der Waals surface area (Å²) in [5.74, 6) is 1.74. The number of fused-ring (bicyclic) bond motifs is 1. The molecule has 0 aliphatic rings. The van der Waals surface area contributed by atoms with Crippen LogP contribution in [0.5, 0.6) is 11.5 Å². The third-order valence-corrected chi connectivity index (χ3v) is 5.10. The van der Waals surface area contributed by atoms with E-state index in [0.29, 0.717) is 5.69 Å². The zero-order chi connectivity index (χ0) is 23.0. The van der Waals surface area contributed by atoms with Gasteiger partial charge < -0.3 is 14.6 Å². The maximum Gasteiger partial charge on any atom is 0.296 e. The predicted octanol–water partition coefficient (Wildman–Crippen LogP) is 4.37. The Morgan fingerprint density at radius 1 is 0.938 bits per heavy atom. The number of hydrogen-bond acceptors (Lipinski definition) is 4. The third kappa shape index (κ3) is 7.42. The monoisotopic (exact) mass is 452 g/mol. The van der Waals surface area contributed by atoms with E-state index in [9.17, 15) is 8.42 Å². The molecule has 0 amide bonds. The van der Waals surface area contributed by atoms with Crippen molar-refractivity contribution in [3.05, 3.63) is 90.6 Å². The number of rotatable bonds is 7. The molecule has 4 rings (SSSR count). The van der Waals surface area contributed by atoms with E-state index < -0.39 is 10.2 Å². The maximum absolute atomic E-state index is 11.0. The number of aromatic nitrogens is 1. The Kier molecular flexibility index (Phi) is 7.88. The molecule has 1 aromatic heterocycles. The summed E-state index contributed by atoms with van der Waals surface area (Å²) in [5, 5.41) is 5.98. The van der Waals surface area contributed by atoms with Gasteiger partial charge in [0.2, 0.25) is 0 Å². The summed E-state index contributed by atoms with van der Waals surface area (Å²) in [7, 11) is 0.297. The second-order valence-corrected chi connectivity index (χ2v) is 8.80. The van der Waals surface area contributed by atoms with Gasteiger partial charge in [0.1, 0.15) is 11.5 Å². The fraction of sp³-hybridized carbons (Fsp3) is 0.167. The van der Waals surface area contributed by atoms with E-state index in [1.807, 2.05) is 87.0 Å². The maximum atomic E-state index is 11.0. The van der Waals surface area contributed by atoms with Crippen LogP contribution in [-0.4, -0.2) is 38.9 Å². The zero-order valence-electron chi connectivity index (χ0n) is 18.2. The van der Waals surface area contributed by atoms with Crippen molar-refractivity contribution in [3.63, 3.8) is 0 Å². The van der Waals surface area contributed by atoms with E-state index in [1.54, 1.807) is 12.1 Å². The van der Waals surface area contributed by atoms with Gasteiger partial charge in [0, 0.05) is 23.6 Å². The van der Waals surface area contributed by atoms with Crippen LogP contribution in [0.4, 0.5) is 5.69 Å². The number of likely N-dealkylation sites (N-methyl/N-ethyl adjacent to an activating group) is 1. The Morgan fingerprint density at radius 3 is 2.06 bits per heavy atom. The molecule has 4 aromatic rings. The molecule has 0 atom stereocenters. The first-order valence-electron chi connectivity index (χ1n) is 10.1. The van der Waals surface area contributed by atoms with Crippen molar-refractivity contribution in [2.24, 2.45) is 5.14 Å². The molecule has 32 heavy (non-hydrogen) atoms. The van der Waals surface area contributed by atoms with E-state index in [-0.39, 0.29) is 0 Å². The first-order valence-corrected chi connectivity index (χ1v) is 11.7. The van der Waals surface area contributed by atoms with Crippen molar-refractivity contribution in [2.45, 2.75) is 6.42 Å². The molecule has 3 aromatic carbocycles. The number of nitrogens with zero attached hydrogens (tertiary/aromatic N) is 1. The average molecular weight is 453 g/mol. The Hall–Kier alpha value is -3.33. The molecule has 0 aliphatic carbocycles. The molecule has 0 aliphatic heterocycles. The summed E-state index contributed by atoms with van der Waals surface area (Å²) >= 11 is 0. The number of H-pyrrole nitrogens is 1. The van der Waals surface area contributed by atoms with Gasteiger partial charge in [0.15, 0.2) is 0 Å². The Morgan fingerprint density at radius 2 is 1.53 bits per heavy atom. The summed E-state index contributed by atoms with van der Waals surface area (Å²) < 4.78 is 29.9. The van der Waals surface area contributed by atoms with Crippen molar-refractivity contribution in [1.82, 2.24) is 9.88 Å². The highest BCUT2D eigenvalue weighted by Gasteiger charge is 2.07. The molecule has 0 radical (unpaired) electrons. The van der Waals surface area contributed by atoms with Crippen LogP contribution in [0.15, 0.2) is 85.1 Å². The van der Waals surface area contributed by atoms with Crippen molar-refractivity contribution in [3.8, 4) is 11.5 Å². The fourth-order valence-corrected chi connectivity index (χ4v) is 3.53. The number of benzene rings is 3. The van der Waals surface area contributed by atoms with Gasteiger partial charge in [0.25, 0.3) is 10.2 Å². The van der Waals surface area contributed by atoms with Gasteiger partial charge in [-0.2, -0.15) is 8.42 Å². The molecular weight excluding hydrogens is 424 g/mol. The zero-order valence-corrected chi connectivity index (χ0v) is 19.0. The minimum atomic E-state index is -3.74. The molecule has 168 valence electrons. The number of para-hydroxylation sites is 2. The lowest BCUT2D eigenvalue weighted by molar-refractivity contribution is 0.414. The summed E-state index contributed by atoms with van der Waals surface area (Å²) in [5.41, 5.74) is 2.61. The largest absolute Gasteiger partial charge is 0.457 e. The fourth-order valence-electron chi connectivity index (χ4n) is 3.07. The standard InChI is InChI=1S/C12H18N4O2S.C12H10O/c1-16(2)6-5-9-8-14-12-4-3-10(7-11(9)12)15-19(13,17)18;1-3-7-11(8-4-1)13-12-9-5-2-6-10-12/h3-4,7-8,14-15H,5-6H2,1-2H3,(H2,13,17,18);1-10H. The van der Waals surface area contributed by atoms with Crippen molar-refractivity contribution in [1.29, 1.82) is 0 Å². The predicted molar refractivity (Wildman–Crippen MR) is 130 cm³/mol. The number of ether oxygens (including phenoxy) is 1. The first-order chi connectivity index (χ1) is 15.3. The molecule has 0 spiro atoms. The summed E-state index contributed by atoms with van der Waals surface area (Å²) in [6.45, 7) is 0.930. The van der Waals surface area contributed by atoms with Crippen molar-refractivity contribution < 1.29 is 13.2 Å². The van der Waals surface area contributed by atoms with Crippen LogP contribution in [0, 0.1) is 0 Å². The van der Waals surface area contributed by atoms with Gasteiger partial charge in [0.05, 0.1) is 5.69 Å². The lowest BCUT2D eigenvalue weighted by atomic mass is 10.1. The molecule has 0 saturated carbocycles. The minimum Gasteiger partial charge on any atom is -0.457 e. The minimum absolute atomic E-state index is 0.473. The van der Waals surface area contributed by atoms with E-state index >= 15 is 0 Å². The Labute approximate surface area is 189 Å². The van der Waals surface area contributed by atoms with Crippen LogP contribution in [-0.2, 0) is 16.6 Å². The van der Waals surface area contributed by atoms with Gasteiger partial charge in [-0.1, -0.05) is 36.4 Å². The molecule has 7 nitrogen and oxygen atoms in total. The highest BCUT2D eigenvalue weighted by atomic mass is 32.2. The summed E-state index contributed by atoms with van der Waals surface area (Å²) in [4.78, 5) is 5.28. The lowest BCUT2D eigenvalue weighted by Gasteiger charge is -2.08. The van der Waals surface area contributed by atoms with Crippen molar-refractivity contribution in [2.75, 3.05) is 25.4 Å². The first kappa shape index (κ1) is 23.3. The molecule has 0 bridgehead atoms. The van der Waals surface area contributed by atoms with Crippen LogP contribution in [0.2, 0.25) is 0 Å². The van der Waals surface area contributed by atoms with E-state index in [0.717, 1.165) is 40.9 Å². The van der Waals surface area contributed by atoms with Crippen LogP contribution >= 0.6 is 0 Å². The van der Waals surface area contributed by atoms with Gasteiger partial charge in [-0.05, 0) is 68.5 Å². The second kappa shape index (κ2) is 10.8. The highest BCUT2D eigenvalue weighted by Crippen LogP contribution is 2.23. The van der Waals surface area contributed by atoms with E-state index in [4.69, 9.17) is 9.88 Å². The number of anilines is 1. The second-order valence-electron chi connectivity index (χ2n) is 7.50. The summed E-state index contributed by atoms with van der Waals surface area (Å²) in [6, 6.07) is 24.8. The number of nitrogens with one attached hydrogen (secondary N) is 2. The number of aromatic amines is 1. The Bertz CT molecular complexity index is 1190. The molecular formula is C24H28N4O3S. The van der Waals surface area contributed by atoms with Crippen LogP contribution in [0.1, 0.15) is 5.56 Å². The van der Waals surface area contributed by atoms with Crippen LogP contribution in [0.25, 0.3) is 10.9 Å². The quantitative estimate of drug-likeness (QED) is 0.388. The Balaban J connectivity index is 0.000000193. The van der Waals surface area contributed by atoms with Crippen molar-refractivity contribution >= 4 is 26.8 Å². The topological polar surface area (TPSA) is 100 Å². The normalized spacial score (nSPS) is 11.1. The van der Waals surface area contributed by atoms with Crippen LogP contribution in [0.3, 0.4) is 0 Å². The van der Waals surface area contributed by atoms with E-state index in [2.05, 4.69) is 14.6 Å². The molecule has 1 heterocycles. The molecule has 4 N–H and O–H groups in total. The third-order valence-electron chi connectivity index (χ3n) is 4.58. The highest BCUT2D eigenvalue weighted by molar-refractivity contribution is 7.90. The number of hydrogen-bond donors (Lipinski definition) is 3. The van der Waals surface area contributed by atoms with Crippen LogP contribution < -0.4 is 14.6 Å². The lowest BCUT2D eigenvalue weighted by Crippen LogP contribution is -2.21. The van der Waals surface area contributed by atoms with Gasteiger partial charge in [-0.25, -0.2) is 5.14 Å². The van der Waals surface area contributed by atoms with Gasteiger partial charge in [-0.15, -0.1) is 0 Å². The molecule has 0 unspecified atom stereocenters. The molecule has 8 heteroatoms. The smallest absolute Gasteiger partial charge is 0.296 e. The van der Waals surface area contributed by atoms with E-state index in [1.165, 1.54) is 0 Å². The average Bonchev–Trinajstić information content (AvgIpc) is 3.15. The number of nitrogens with two attached hydrogens (primary N) is 1. The molecule has 0 saturated heterocycles.